The van der Waals surface area contributed by atoms with Gasteiger partial charge in [-0.25, -0.2) is 14.2 Å². The number of carboxylic acids is 2. The van der Waals surface area contributed by atoms with Crippen LogP contribution in [0.4, 0.5) is 10.3 Å². The molecule has 0 spiro atoms. The van der Waals surface area contributed by atoms with Crippen molar-refractivity contribution in [3.8, 4) is 0 Å². The Bertz CT molecular complexity index is 1400. The molecule has 13 heteroatoms. The Morgan fingerprint density at radius 2 is 1.92 bits per heavy atom. The number of aromatic nitrogens is 4. The van der Waals surface area contributed by atoms with Gasteiger partial charge in [-0.3, -0.25) is 19.4 Å². The molecule has 0 saturated heterocycles. The van der Waals surface area contributed by atoms with E-state index in [1.54, 1.807) is 6.07 Å². The third-order valence-electron chi connectivity index (χ3n) is 6.05. The predicted octanol–water partition coefficient (Wildman–Crippen LogP) is 1.96. The molecule has 7 N–H and O–H groups in total. The molecule has 0 aliphatic carbocycles. The second-order valence-electron chi connectivity index (χ2n) is 9.76. The van der Waals surface area contributed by atoms with Crippen LogP contribution in [0.15, 0.2) is 23.1 Å². The number of fused-ring (bicyclic) bond motifs is 1. The van der Waals surface area contributed by atoms with Gasteiger partial charge in [0.1, 0.15) is 11.7 Å². The van der Waals surface area contributed by atoms with Crippen molar-refractivity contribution in [2.75, 3.05) is 5.73 Å². The summed E-state index contributed by atoms with van der Waals surface area (Å²) in [6.45, 7) is 5.98. The second kappa shape index (κ2) is 10.8. The number of carboxylic acid groups (broad SMARTS) is 2. The summed E-state index contributed by atoms with van der Waals surface area (Å²) in [5.41, 5.74) is 6.04. The zero-order valence-corrected chi connectivity index (χ0v) is 20.6. The highest BCUT2D eigenvalue weighted by molar-refractivity contribution is 5.95. The van der Waals surface area contributed by atoms with Crippen LogP contribution in [0.2, 0.25) is 0 Å². The molecule has 3 aromatic rings. The van der Waals surface area contributed by atoms with E-state index in [2.05, 4.69) is 25.3 Å². The molecule has 3 aromatic heterocycles. The number of H-pyrrole nitrogens is 2. The normalized spacial score (nSPS) is 13.3. The van der Waals surface area contributed by atoms with E-state index in [0.717, 1.165) is 5.69 Å². The van der Waals surface area contributed by atoms with Crippen molar-refractivity contribution in [2.24, 2.45) is 5.92 Å². The number of pyridine rings is 1. The highest BCUT2D eigenvalue weighted by atomic mass is 19.1. The van der Waals surface area contributed by atoms with Crippen LogP contribution in [0.3, 0.4) is 0 Å². The van der Waals surface area contributed by atoms with Gasteiger partial charge in [0.2, 0.25) is 5.95 Å². The number of halogens is 1. The van der Waals surface area contributed by atoms with Crippen molar-refractivity contribution < 1.29 is 29.0 Å². The summed E-state index contributed by atoms with van der Waals surface area (Å²) in [5, 5.41) is 20.4. The van der Waals surface area contributed by atoms with Crippen LogP contribution in [-0.4, -0.2) is 54.0 Å². The number of carbonyl (C=O) groups excluding carboxylic acids is 1. The summed E-state index contributed by atoms with van der Waals surface area (Å²) in [5.74, 6) is -4.54. The maximum Gasteiger partial charge on any atom is 0.326 e. The van der Waals surface area contributed by atoms with Crippen LogP contribution in [0, 0.1) is 11.7 Å². The fourth-order valence-corrected chi connectivity index (χ4v) is 4.37. The minimum absolute atomic E-state index is 0.0162. The number of rotatable bonds is 11. The summed E-state index contributed by atoms with van der Waals surface area (Å²) in [4.78, 5) is 60.1. The maximum absolute atomic E-state index is 14.7. The molecule has 0 aliphatic heterocycles. The molecular formula is C24H29FN6O6. The maximum atomic E-state index is 14.7. The first-order chi connectivity index (χ1) is 17.3. The monoisotopic (exact) mass is 516 g/mol. The molecule has 1 unspecified atom stereocenters. The van der Waals surface area contributed by atoms with E-state index in [-0.39, 0.29) is 23.8 Å². The number of hydrogen-bond acceptors (Lipinski definition) is 7. The predicted molar refractivity (Wildman–Crippen MR) is 132 cm³/mol. The van der Waals surface area contributed by atoms with Gasteiger partial charge in [-0.2, -0.15) is 4.98 Å². The molecule has 1 amide bonds. The minimum Gasteiger partial charge on any atom is -0.481 e. The number of hydrogen-bond donors (Lipinski definition) is 6. The highest BCUT2D eigenvalue weighted by Crippen LogP contribution is 2.32. The molecule has 3 rings (SSSR count). The fraction of sp³-hybridized carbons (Fsp3) is 0.417. The van der Waals surface area contributed by atoms with Gasteiger partial charge >= 0.3 is 11.9 Å². The molecule has 0 aromatic carbocycles. The topological polar surface area (TPSA) is 204 Å². The first-order valence-electron chi connectivity index (χ1n) is 11.6. The number of amides is 1. The number of nitrogens with one attached hydrogen (secondary N) is 3. The van der Waals surface area contributed by atoms with Gasteiger partial charge in [-0.05, 0) is 42.9 Å². The number of nitrogens with zero attached hydrogens (tertiary/aromatic N) is 2. The lowest BCUT2D eigenvalue weighted by molar-refractivity contribution is -0.140. The molecular weight excluding hydrogens is 487 g/mol. The molecule has 0 aliphatic rings. The van der Waals surface area contributed by atoms with E-state index in [1.165, 1.54) is 12.3 Å². The number of aromatic amines is 2. The van der Waals surface area contributed by atoms with Crippen molar-refractivity contribution in [3.05, 3.63) is 51.5 Å². The fourth-order valence-electron chi connectivity index (χ4n) is 4.37. The van der Waals surface area contributed by atoms with Crippen LogP contribution in [0.25, 0.3) is 11.0 Å². The largest absolute Gasteiger partial charge is 0.481 e. The number of nitrogen functional groups attached to an aromatic ring is 1. The van der Waals surface area contributed by atoms with E-state index >= 15 is 0 Å². The minimum atomic E-state index is -1.49. The number of aliphatic carboxylic acids is 2. The third kappa shape index (κ3) is 6.68. The van der Waals surface area contributed by atoms with E-state index in [1.807, 2.05) is 20.8 Å². The van der Waals surface area contributed by atoms with Crippen LogP contribution in [-0.2, 0) is 21.4 Å². The summed E-state index contributed by atoms with van der Waals surface area (Å²) in [6.07, 6.45) is 1.62. The average molecular weight is 517 g/mol. The summed E-state index contributed by atoms with van der Waals surface area (Å²) >= 11 is 0. The zero-order valence-electron chi connectivity index (χ0n) is 20.6. The first-order valence-corrected chi connectivity index (χ1v) is 11.6. The van der Waals surface area contributed by atoms with Crippen LogP contribution in [0.5, 0.6) is 0 Å². The summed E-state index contributed by atoms with van der Waals surface area (Å²) in [6, 6.07) is 1.43. The Balaban J connectivity index is 1.68. The molecule has 0 bridgehead atoms. The first kappa shape index (κ1) is 27.3. The van der Waals surface area contributed by atoms with E-state index < -0.39 is 47.2 Å². The Hall–Kier alpha value is -4.29. The Morgan fingerprint density at radius 3 is 2.54 bits per heavy atom. The Labute approximate surface area is 210 Å². The molecule has 12 nitrogen and oxygen atoms in total. The van der Waals surface area contributed by atoms with E-state index in [9.17, 15) is 28.7 Å². The molecule has 3 heterocycles. The van der Waals surface area contributed by atoms with Crippen molar-refractivity contribution in [3.63, 3.8) is 0 Å². The molecule has 2 atom stereocenters. The van der Waals surface area contributed by atoms with Crippen LogP contribution in [0.1, 0.15) is 61.8 Å². The smallest absolute Gasteiger partial charge is 0.326 e. The number of carbonyl (C=O) groups is 3. The third-order valence-corrected chi connectivity index (χ3v) is 6.05. The van der Waals surface area contributed by atoms with Gasteiger partial charge in [0, 0.05) is 23.7 Å². The number of anilines is 1. The van der Waals surface area contributed by atoms with Crippen molar-refractivity contribution >= 4 is 34.8 Å². The Kier molecular flexibility index (Phi) is 7.94. The van der Waals surface area contributed by atoms with Gasteiger partial charge in [0.15, 0.2) is 11.5 Å². The lowest BCUT2D eigenvalue weighted by atomic mass is 9.79. The van der Waals surface area contributed by atoms with Gasteiger partial charge in [-0.1, -0.05) is 20.8 Å². The second-order valence-corrected chi connectivity index (χ2v) is 9.76. The van der Waals surface area contributed by atoms with Crippen molar-refractivity contribution in [2.45, 2.75) is 57.9 Å². The highest BCUT2D eigenvalue weighted by Gasteiger charge is 2.27. The van der Waals surface area contributed by atoms with Crippen LogP contribution < -0.4 is 16.6 Å². The Morgan fingerprint density at radius 1 is 1.22 bits per heavy atom. The molecule has 37 heavy (non-hydrogen) atoms. The van der Waals surface area contributed by atoms with Gasteiger partial charge < -0.3 is 26.2 Å². The van der Waals surface area contributed by atoms with Gasteiger partial charge in [0.25, 0.3) is 11.5 Å². The quantitative estimate of drug-likeness (QED) is 0.220. The molecule has 0 radical (unpaired) electrons. The average Bonchev–Trinajstić information content (AvgIpc) is 3.21. The van der Waals surface area contributed by atoms with Crippen molar-refractivity contribution in [1.82, 2.24) is 25.3 Å². The molecule has 198 valence electrons. The lowest BCUT2D eigenvalue weighted by Gasteiger charge is -2.27. The van der Waals surface area contributed by atoms with Crippen molar-refractivity contribution in [1.29, 1.82) is 0 Å². The molecule has 0 saturated carbocycles. The summed E-state index contributed by atoms with van der Waals surface area (Å²) < 4.78 is 14.7. The standard InChI is InChI=1S/C24H29FN6O6/c1-11(9-24(2,3)16-8-13-19(29-16)30-23(26)31-20(13)34)6-12-7-14(25)18(27-10-12)21(35)28-15(22(36)37)4-5-17(32)33/h7-8,10-11,15H,4-6,9H2,1-3H3,(H,28,35)(H,32,33)(H,36,37)(H4,26,29,30,31,34)/t11?,15-/m0/s1. The van der Waals surface area contributed by atoms with E-state index in [0.29, 0.717) is 29.4 Å². The SMILES string of the molecule is CC(Cc1cnc(C(=O)N[C@@H](CCC(=O)O)C(=O)O)c(F)c1)CC(C)(C)c1cc2c(=O)[nH]c(N)nc2[nH]1. The van der Waals surface area contributed by atoms with Gasteiger partial charge in [0.05, 0.1) is 5.39 Å². The van der Waals surface area contributed by atoms with E-state index in [4.69, 9.17) is 10.8 Å². The lowest BCUT2D eigenvalue weighted by Crippen LogP contribution is -2.41. The summed E-state index contributed by atoms with van der Waals surface area (Å²) in [7, 11) is 0. The number of nitrogens with two attached hydrogens (primary N) is 1. The van der Waals surface area contributed by atoms with Crippen LogP contribution >= 0.6 is 0 Å². The van der Waals surface area contributed by atoms with Gasteiger partial charge in [-0.15, -0.1) is 0 Å². The molecule has 0 fully saturated rings. The zero-order chi connectivity index (χ0) is 27.5.